The average Bonchev–Trinajstić information content (AvgIpc) is 2.45. The average molecular weight is 401 g/mol. The van der Waals surface area contributed by atoms with E-state index in [0.29, 0.717) is 6.29 Å². The van der Waals surface area contributed by atoms with Crippen molar-refractivity contribution in [3.63, 3.8) is 0 Å². The van der Waals surface area contributed by atoms with E-state index in [1.165, 1.54) is 12.1 Å². The molecule has 2 rings (SSSR count). The molecule has 0 saturated carbocycles. The lowest BCUT2D eigenvalue weighted by molar-refractivity contribution is 0.00696. The van der Waals surface area contributed by atoms with Gasteiger partial charge in [0.15, 0.2) is 6.29 Å². The fourth-order valence-corrected chi connectivity index (χ4v) is 3.26. The topological polar surface area (TPSA) is 43.4 Å². The van der Waals surface area contributed by atoms with Gasteiger partial charge in [-0.15, -0.1) is 12.6 Å². The number of ether oxygens (including phenoxy) is 1. The molecule has 0 saturated heterocycles. The molecule has 0 fully saturated rings. The van der Waals surface area contributed by atoms with E-state index in [0.717, 1.165) is 12.1 Å². The highest BCUT2D eigenvalue weighted by Crippen LogP contribution is 2.40. The molecule has 0 aromatic heterocycles. The van der Waals surface area contributed by atoms with Crippen molar-refractivity contribution in [1.29, 1.82) is 0 Å². The monoisotopic (exact) mass is 400 g/mol. The van der Waals surface area contributed by atoms with Gasteiger partial charge in [0.2, 0.25) is 0 Å². The summed E-state index contributed by atoms with van der Waals surface area (Å²) in [4.78, 5) is 24.2. The molecule has 0 radical (unpaired) electrons. The summed E-state index contributed by atoms with van der Waals surface area (Å²) >= 11 is 16.4. The number of hydrogen-bond donors (Lipinski definition) is 1. The number of thiol groups is 1. The smallest absolute Gasteiger partial charge is 0.339 e. The first-order valence-corrected chi connectivity index (χ1v) is 8.44. The van der Waals surface area contributed by atoms with Gasteiger partial charge in [-0.05, 0) is 45.0 Å². The minimum atomic E-state index is -0.783. The zero-order valence-corrected chi connectivity index (χ0v) is 16.1. The molecule has 7 heteroatoms. The molecule has 0 aliphatic carbocycles. The van der Waals surface area contributed by atoms with Gasteiger partial charge in [0, 0.05) is 26.6 Å². The summed E-state index contributed by atoms with van der Waals surface area (Å²) in [6.45, 7) is 5.08. The van der Waals surface area contributed by atoms with Crippen molar-refractivity contribution >= 4 is 48.1 Å². The van der Waals surface area contributed by atoms with Gasteiger partial charge in [0.1, 0.15) is 11.4 Å². The Hall–Kier alpha value is -1.56. The highest BCUT2D eigenvalue weighted by atomic mass is 35.5. The van der Waals surface area contributed by atoms with Crippen LogP contribution in [0.2, 0.25) is 10.0 Å². The maximum atomic E-state index is 13.9. The lowest BCUT2D eigenvalue weighted by atomic mass is 9.95. The fraction of sp³-hybridized carbons (Fsp3) is 0.222. The van der Waals surface area contributed by atoms with Gasteiger partial charge < -0.3 is 4.74 Å². The van der Waals surface area contributed by atoms with E-state index in [1.54, 1.807) is 20.8 Å². The maximum Gasteiger partial charge on any atom is 0.339 e. The number of halogens is 3. The van der Waals surface area contributed by atoms with Gasteiger partial charge in [-0.2, -0.15) is 0 Å². The Bertz CT molecular complexity index is 860. The third-order valence-electron chi connectivity index (χ3n) is 3.16. The second-order valence-corrected chi connectivity index (χ2v) is 7.64. The second kappa shape index (κ2) is 7.36. The highest BCUT2D eigenvalue weighted by Gasteiger charge is 2.26. The molecule has 0 aliphatic heterocycles. The Kier molecular flexibility index (Phi) is 5.82. The Labute approximate surface area is 160 Å². The van der Waals surface area contributed by atoms with Crippen molar-refractivity contribution in [3.8, 4) is 11.1 Å². The van der Waals surface area contributed by atoms with Crippen LogP contribution in [0, 0.1) is 5.82 Å². The van der Waals surface area contributed by atoms with Crippen LogP contribution >= 0.6 is 35.8 Å². The predicted molar refractivity (Wildman–Crippen MR) is 99.7 cm³/mol. The van der Waals surface area contributed by atoms with Crippen molar-refractivity contribution in [1.82, 2.24) is 0 Å². The normalized spacial score (nSPS) is 11.3. The fourth-order valence-electron chi connectivity index (χ4n) is 2.30. The maximum absolute atomic E-state index is 13.9. The van der Waals surface area contributed by atoms with Crippen molar-refractivity contribution in [3.05, 3.63) is 51.3 Å². The molecule has 0 heterocycles. The molecule has 0 atom stereocenters. The van der Waals surface area contributed by atoms with Crippen LogP contribution in [0.4, 0.5) is 4.39 Å². The van der Waals surface area contributed by atoms with Crippen LogP contribution in [0.15, 0.2) is 29.2 Å². The van der Waals surface area contributed by atoms with E-state index in [9.17, 15) is 14.0 Å². The van der Waals surface area contributed by atoms with Gasteiger partial charge in [0.05, 0.1) is 10.6 Å². The summed E-state index contributed by atoms with van der Waals surface area (Å²) in [6, 6.07) is 5.00. The predicted octanol–water partition coefficient (Wildman–Crippen LogP) is 5.86. The lowest BCUT2D eigenvalue weighted by Crippen LogP contribution is -2.24. The quantitative estimate of drug-likeness (QED) is 0.398. The Morgan fingerprint density at radius 1 is 1.16 bits per heavy atom. The van der Waals surface area contributed by atoms with Crippen molar-refractivity contribution in [2.75, 3.05) is 0 Å². The van der Waals surface area contributed by atoms with Gasteiger partial charge in [-0.1, -0.05) is 23.2 Å². The molecule has 0 spiro atoms. The first kappa shape index (κ1) is 19.8. The molecular weight excluding hydrogens is 386 g/mol. The Morgan fingerprint density at radius 2 is 1.80 bits per heavy atom. The van der Waals surface area contributed by atoms with Crippen LogP contribution < -0.4 is 0 Å². The standard InChI is InChI=1S/C18H15Cl2FO3S/c1-18(2,3)24-17(23)12-6-11(21)7-14(25)16(12)15-9(8-22)4-10(19)5-13(15)20/h4-8,25H,1-3H3. The number of rotatable bonds is 3. The van der Waals surface area contributed by atoms with E-state index < -0.39 is 17.4 Å². The molecule has 0 aliphatic rings. The van der Waals surface area contributed by atoms with Crippen LogP contribution in [0.25, 0.3) is 11.1 Å². The number of carbonyl (C=O) groups excluding carboxylic acids is 2. The van der Waals surface area contributed by atoms with Crippen LogP contribution in [0.5, 0.6) is 0 Å². The summed E-state index contributed by atoms with van der Waals surface area (Å²) < 4.78 is 19.2. The van der Waals surface area contributed by atoms with Gasteiger partial charge in [-0.25, -0.2) is 9.18 Å². The summed E-state index contributed by atoms with van der Waals surface area (Å²) in [5.41, 5.74) is -0.250. The van der Waals surface area contributed by atoms with E-state index in [2.05, 4.69) is 12.6 Å². The summed E-state index contributed by atoms with van der Waals surface area (Å²) in [7, 11) is 0. The van der Waals surface area contributed by atoms with E-state index in [4.69, 9.17) is 27.9 Å². The SMILES string of the molecule is CC(C)(C)OC(=O)c1cc(F)cc(S)c1-c1c(Cl)cc(Cl)cc1C=O. The van der Waals surface area contributed by atoms with Crippen LogP contribution in [0.1, 0.15) is 41.5 Å². The number of aldehydes is 1. The van der Waals surface area contributed by atoms with Crippen LogP contribution in [0.3, 0.4) is 0 Å². The molecule has 0 unspecified atom stereocenters. The highest BCUT2D eigenvalue weighted by molar-refractivity contribution is 7.80. The second-order valence-electron chi connectivity index (χ2n) is 6.32. The van der Waals surface area contributed by atoms with Crippen LogP contribution in [-0.4, -0.2) is 17.9 Å². The van der Waals surface area contributed by atoms with Crippen molar-refractivity contribution in [2.24, 2.45) is 0 Å². The molecule has 132 valence electrons. The number of hydrogen-bond acceptors (Lipinski definition) is 4. The lowest BCUT2D eigenvalue weighted by Gasteiger charge is -2.22. The third-order valence-corrected chi connectivity index (χ3v) is 4.03. The number of esters is 1. The van der Waals surface area contributed by atoms with E-state index >= 15 is 0 Å². The molecule has 25 heavy (non-hydrogen) atoms. The van der Waals surface area contributed by atoms with Gasteiger partial charge in [0.25, 0.3) is 0 Å². The molecule has 2 aromatic carbocycles. The summed E-state index contributed by atoms with van der Waals surface area (Å²) in [6.07, 6.45) is 0.558. The van der Waals surface area contributed by atoms with E-state index in [-0.39, 0.29) is 37.2 Å². The van der Waals surface area contributed by atoms with Crippen molar-refractivity contribution < 1.29 is 18.7 Å². The largest absolute Gasteiger partial charge is 0.456 e. The van der Waals surface area contributed by atoms with Crippen LogP contribution in [-0.2, 0) is 4.74 Å². The molecule has 3 nitrogen and oxygen atoms in total. The first-order valence-electron chi connectivity index (χ1n) is 7.24. The number of carbonyl (C=O) groups is 2. The molecule has 0 amide bonds. The van der Waals surface area contributed by atoms with Gasteiger partial charge in [-0.3, -0.25) is 4.79 Å². The first-order chi connectivity index (χ1) is 11.5. The van der Waals surface area contributed by atoms with Crippen molar-refractivity contribution in [2.45, 2.75) is 31.3 Å². The minimum absolute atomic E-state index is 0.0766. The van der Waals surface area contributed by atoms with Gasteiger partial charge >= 0.3 is 5.97 Å². The molecule has 0 N–H and O–H groups in total. The molecule has 0 bridgehead atoms. The zero-order chi connectivity index (χ0) is 18.9. The Balaban J connectivity index is 2.79. The summed E-state index contributed by atoms with van der Waals surface area (Å²) in [5.74, 6) is -1.41. The third kappa shape index (κ3) is 4.54. The Morgan fingerprint density at radius 3 is 2.36 bits per heavy atom. The minimum Gasteiger partial charge on any atom is -0.456 e. The number of benzene rings is 2. The molecular formula is C18H15Cl2FO3S. The zero-order valence-electron chi connectivity index (χ0n) is 13.7. The summed E-state index contributed by atoms with van der Waals surface area (Å²) in [5, 5.41) is 0.402. The van der Waals surface area contributed by atoms with E-state index in [1.807, 2.05) is 0 Å². The molecule has 2 aromatic rings.